The largest absolute Gasteiger partial charge is 0.487 e. The molecule has 0 aliphatic carbocycles. The number of nitrogens with zero attached hydrogens (tertiary/aromatic N) is 2. The van der Waals surface area contributed by atoms with Crippen molar-refractivity contribution in [1.82, 2.24) is 0 Å². The van der Waals surface area contributed by atoms with Gasteiger partial charge in [-0.2, -0.15) is 54.1 Å². The highest BCUT2D eigenvalue weighted by Crippen LogP contribution is 2.58. The van der Waals surface area contributed by atoms with Crippen molar-refractivity contribution in [2.75, 3.05) is 6.61 Å². The highest BCUT2D eigenvalue weighted by molar-refractivity contribution is 5.42. The molecule has 0 spiro atoms. The second kappa shape index (κ2) is 9.33. The third kappa shape index (κ3) is 4.92. The van der Waals surface area contributed by atoms with Gasteiger partial charge in [0.15, 0.2) is 6.61 Å². The Morgan fingerprint density at radius 1 is 0.618 bits per heavy atom. The molecule has 0 atom stereocenters. The van der Waals surface area contributed by atoms with E-state index in [1.807, 2.05) is 0 Å². The number of alkyl halides is 12. The van der Waals surface area contributed by atoms with E-state index in [-0.39, 0.29) is 5.69 Å². The molecule has 0 saturated carbocycles. The zero-order chi connectivity index (χ0) is 26.0. The first-order valence-corrected chi connectivity index (χ1v) is 8.84. The molecule has 2 aromatic carbocycles. The van der Waals surface area contributed by atoms with Crippen LogP contribution in [0.3, 0.4) is 0 Å². The van der Waals surface area contributed by atoms with E-state index < -0.39 is 48.4 Å². The maximum atomic E-state index is 13.7. The molecule has 0 N–H and O–H groups in total. The van der Waals surface area contributed by atoms with Crippen LogP contribution in [0, 0.1) is 0 Å². The summed E-state index contributed by atoms with van der Waals surface area (Å²) >= 11 is 0. The van der Waals surface area contributed by atoms with E-state index in [4.69, 9.17) is 0 Å². The summed E-state index contributed by atoms with van der Waals surface area (Å²) in [6.07, 6.45) is -5.55. The molecule has 0 unspecified atom stereocenters. The monoisotopic (exact) mass is 512 g/mol. The number of azo groups is 1. The molecular formula is C19H12F12N2O. The van der Waals surface area contributed by atoms with Crippen molar-refractivity contribution in [3.63, 3.8) is 0 Å². The minimum Gasteiger partial charge on any atom is -0.487 e. The lowest BCUT2D eigenvalue weighted by molar-refractivity contribution is -0.414. The van der Waals surface area contributed by atoms with Gasteiger partial charge in [-0.3, -0.25) is 0 Å². The van der Waals surface area contributed by atoms with E-state index in [2.05, 4.69) is 15.0 Å². The Labute approximate surface area is 183 Å². The van der Waals surface area contributed by atoms with Crippen LogP contribution in [0.1, 0.15) is 0 Å². The second-order valence-electron chi connectivity index (χ2n) is 6.67. The summed E-state index contributed by atoms with van der Waals surface area (Å²) in [6.45, 7) is -2.68. The smallest absolute Gasteiger partial charge is 0.384 e. The molecule has 0 aliphatic rings. The topological polar surface area (TPSA) is 34.0 Å². The van der Waals surface area contributed by atoms with Gasteiger partial charge in [-0.05, 0) is 36.4 Å². The molecule has 0 bridgehead atoms. The van der Waals surface area contributed by atoms with Gasteiger partial charge in [0, 0.05) is 0 Å². The zero-order valence-electron chi connectivity index (χ0n) is 16.3. The molecule has 0 aliphatic heterocycles. The van der Waals surface area contributed by atoms with Gasteiger partial charge in [0.05, 0.1) is 11.4 Å². The lowest BCUT2D eigenvalue weighted by Crippen LogP contribution is -2.69. The Balaban J connectivity index is 2.16. The van der Waals surface area contributed by atoms with Gasteiger partial charge < -0.3 is 4.74 Å². The van der Waals surface area contributed by atoms with E-state index in [1.54, 1.807) is 30.3 Å². The molecule has 0 fully saturated rings. The van der Waals surface area contributed by atoms with Gasteiger partial charge in [-0.15, -0.1) is 0 Å². The van der Waals surface area contributed by atoms with Crippen LogP contribution in [-0.4, -0.2) is 42.6 Å². The summed E-state index contributed by atoms with van der Waals surface area (Å²) in [6, 6.07) is 12.0. The Morgan fingerprint density at radius 3 is 1.56 bits per heavy atom. The molecule has 188 valence electrons. The second-order valence-corrected chi connectivity index (χ2v) is 6.67. The lowest BCUT2D eigenvalue weighted by atomic mass is 9.94. The fourth-order valence-electron chi connectivity index (χ4n) is 2.26. The minimum atomic E-state index is -7.59. The zero-order valence-corrected chi connectivity index (χ0v) is 16.3. The van der Waals surface area contributed by atoms with Crippen molar-refractivity contribution in [1.29, 1.82) is 0 Å². The van der Waals surface area contributed by atoms with Crippen LogP contribution in [0.15, 0.2) is 64.8 Å². The predicted molar refractivity (Wildman–Crippen MR) is 93.3 cm³/mol. The summed E-state index contributed by atoms with van der Waals surface area (Å²) in [7, 11) is 0. The number of hydrogen-bond acceptors (Lipinski definition) is 3. The highest BCUT2D eigenvalue weighted by Gasteiger charge is 2.87. The molecule has 15 heteroatoms. The number of hydrogen-bond donors (Lipinski definition) is 0. The number of rotatable bonds is 10. The fourth-order valence-corrected chi connectivity index (χ4v) is 2.26. The standard InChI is InChI=1S/C19H12F12N2O/c20-14(21)16(24,25)18(28,29)19(30,31)17(26,27)15(22,23)10-34-13-8-6-12(7-9-13)33-32-11-4-2-1-3-5-11/h1-9,14H,10H2/b33-32+. The van der Waals surface area contributed by atoms with E-state index >= 15 is 0 Å². The van der Waals surface area contributed by atoms with Gasteiger partial charge in [0.2, 0.25) is 0 Å². The summed E-state index contributed by atoms with van der Waals surface area (Å²) in [5.74, 6) is -36.2. The van der Waals surface area contributed by atoms with Crippen LogP contribution >= 0.6 is 0 Å². The van der Waals surface area contributed by atoms with E-state index in [0.29, 0.717) is 5.69 Å². The van der Waals surface area contributed by atoms with E-state index in [1.165, 1.54) is 0 Å². The minimum absolute atomic E-state index is 0.105. The molecule has 34 heavy (non-hydrogen) atoms. The molecule has 2 aromatic rings. The molecule has 0 saturated heterocycles. The molecule has 3 nitrogen and oxygen atoms in total. The molecule has 2 rings (SSSR count). The molecule has 0 aromatic heterocycles. The predicted octanol–water partition coefficient (Wildman–Crippen LogP) is 7.92. The number of ether oxygens (including phenoxy) is 1. The summed E-state index contributed by atoms with van der Waals surface area (Å²) in [4.78, 5) is 0. The van der Waals surface area contributed by atoms with Crippen LogP contribution < -0.4 is 4.74 Å². The Hall–Kier alpha value is -3.00. The Morgan fingerprint density at radius 2 is 1.09 bits per heavy atom. The highest BCUT2D eigenvalue weighted by atomic mass is 19.4. The van der Waals surface area contributed by atoms with Gasteiger partial charge in [-0.1, -0.05) is 18.2 Å². The van der Waals surface area contributed by atoms with Crippen LogP contribution in [0.2, 0.25) is 0 Å². The average molecular weight is 512 g/mol. The Kier molecular flexibility index (Phi) is 7.48. The van der Waals surface area contributed by atoms with Gasteiger partial charge in [0.1, 0.15) is 5.75 Å². The Bertz CT molecular complexity index is 979. The maximum Gasteiger partial charge on any atom is 0.384 e. The normalized spacial score (nSPS) is 14.1. The maximum absolute atomic E-state index is 13.7. The first-order chi connectivity index (χ1) is 15.5. The molecule has 0 heterocycles. The summed E-state index contributed by atoms with van der Waals surface area (Å²) in [5.41, 5.74) is 0.536. The SMILES string of the molecule is FC(F)C(F)(F)C(F)(F)C(F)(F)C(F)(F)C(F)(F)COc1ccc(/N=N/c2ccccc2)cc1. The number of halogens is 12. The van der Waals surface area contributed by atoms with Crippen molar-refractivity contribution < 1.29 is 57.4 Å². The molecular weight excluding hydrogens is 500 g/mol. The van der Waals surface area contributed by atoms with Gasteiger partial charge in [0.25, 0.3) is 0 Å². The summed E-state index contributed by atoms with van der Waals surface area (Å²) in [5, 5.41) is 7.55. The third-order valence-electron chi connectivity index (χ3n) is 4.23. The van der Waals surface area contributed by atoms with Gasteiger partial charge >= 0.3 is 36.0 Å². The van der Waals surface area contributed by atoms with E-state index in [9.17, 15) is 52.7 Å². The van der Waals surface area contributed by atoms with Crippen molar-refractivity contribution in [3.05, 3.63) is 54.6 Å². The van der Waals surface area contributed by atoms with Crippen molar-refractivity contribution >= 4 is 11.4 Å². The van der Waals surface area contributed by atoms with Crippen molar-refractivity contribution in [2.45, 2.75) is 36.0 Å². The van der Waals surface area contributed by atoms with Crippen LogP contribution in [0.5, 0.6) is 5.75 Å². The summed E-state index contributed by atoms with van der Waals surface area (Å²) < 4.78 is 162. The first kappa shape index (κ1) is 27.2. The van der Waals surface area contributed by atoms with Crippen molar-refractivity contribution in [3.8, 4) is 5.75 Å². The number of benzene rings is 2. The average Bonchev–Trinajstić information content (AvgIpc) is 2.77. The van der Waals surface area contributed by atoms with Gasteiger partial charge in [-0.25, -0.2) is 8.78 Å². The van der Waals surface area contributed by atoms with E-state index in [0.717, 1.165) is 24.3 Å². The first-order valence-electron chi connectivity index (χ1n) is 8.84. The fraction of sp³-hybridized carbons (Fsp3) is 0.368. The third-order valence-corrected chi connectivity index (χ3v) is 4.23. The van der Waals surface area contributed by atoms with Crippen LogP contribution in [0.4, 0.5) is 64.1 Å². The van der Waals surface area contributed by atoms with Crippen molar-refractivity contribution in [2.24, 2.45) is 10.2 Å². The molecule has 0 amide bonds. The quantitative estimate of drug-likeness (QED) is 0.235. The molecule has 0 radical (unpaired) electrons. The van der Waals surface area contributed by atoms with Crippen LogP contribution in [-0.2, 0) is 0 Å². The van der Waals surface area contributed by atoms with Crippen LogP contribution in [0.25, 0.3) is 0 Å². The lowest BCUT2D eigenvalue weighted by Gasteiger charge is -2.39.